The van der Waals surface area contributed by atoms with Gasteiger partial charge in [0.25, 0.3) is 0 Å². The van der Waals surface area contributed by atoms with Crippen molar-refractivity contribution in [2.24, 2.45) is 5.92 Å². The number of hydrogen-bond acceptors (Lipinski definition) is 5. The molecule has 0 bridgehead atoms. The highest BCUT2D eigenvalue weighted by molar-refractivity contribution is 6.01. The van der Waals surface area contributed by atoms with E-state index in [2.05, 4.69) is 0 Å². The van der Waals surface area contributed by atoms with Crippen molar-refractivity contribution < 1.29 is 23.5 Å². The van der Waals surface area contributed by atoms with E-state index in [0.29, 0.717) is 43.4 Å². The zero-order valence-electron chi connectivity index (χ0n) is 16.5. The summed E-state index contributed by atoms with van der Waals surface area (Å²) in [7, 11) is 3.17. The van der Waals surface area contributed by atoms with E-state index in [1.54, 1.807) is 36.3 Å². The van der Waals surface area contributed by atoms with Gasteiger partial charge in [0.05, 0.1) is 38.1 Å². The largest absolute Gasteiger partial charge is 0.495 e. The number of amides is 2. The van der Waals surface area contributed by atoms with Gasteiger partial charge in [-0.1, -0.05) is 6.07 Å². The van der Waals surface area contributed by atoms with Crippen LogP contribution in [0.1, 0.15) is 17.7 Å². The molecule has 1 aromatic carbocycles. The Morgan fingerprint density at radius 2 is 2.14 bits per heavy atom. The molecule has 0 aliphatic carbocycles. The summed E-state index contributed by atoms with van der Waals surface area (Å²) in [6, 6.07) is 9.31. The Hall–Kier alpha value is -2.80. The van der Waals surface area contributed by atoms with Crippen molar-refractivity contribution in [2.75, 3.05) is 38.8 Å². The third-order valence-corrected chi connectivity index (χ3v) is 4.90. The summed E-state index contributed by atoms with van der Waals surface area (Å²) in [5.74, 6) is 0.761. The molecular weight excluding hydrogens is 360 g/mol. The van der Waals surface area contributed by atoms with Crippen LogP contribution in [0.5, 0.6) is 5.75 Å². The van der Waals surface area contributed by atoms with Gasteiger partial charge in [0.15, 0.2) is 0 Å². The van der Waals surface area contributed by atoms with E-state index in [9.17, 15) is 9.59 Å². The lowest BCUT2D eigenvalue weighted by atomic mass is 10.1. The van der Waals surface area contributed by atoms with Crippen LogP contribution in [0.2, 0.25) is 0 Å². The number of carbonyl (C=O) groups excluding carboxylic acids is 2. The van der Waals surface area contributed by atoms with Gasteiger partial charge in [0.1, 0.15) is 11.5 Å². The first-order valence-electron chi connectivity index (χ1n) is 9.28. The Balaban J connectivity index is 1.77. The van der Waals surface area contributed by atoms with E-state index in [1.165, 1.54) is 0 Å². The molecule has 2 aromatic rings. The fourth-order valence-corrected chi connectivity index (χ4v) is 3.43. The topological polar surface area (TPSA) is 72.2 Å². The van der Waals surface area contributed by atoms with Gasteiger partial charge < -0.3 is 23.7 Å². The molecule has 7 heteroatoms. The molecule has 1 aromatic heterocycles. The van der Waals surface area contributed by atoms with Gasteiger partial charge in [0, 0.05) is 26.6 Å². The van der Waals surface area contributed by atoms with Crippen molar-refractivity contribution in [3.8, 4) is 5.75 Å². The number of aryl methyl sites for hydroxylation is 1. The van der Waals surface area contributed by atoms with Crippen LogP contribution in [-0.2, 0) is 20.9 Å². The molecule has 0 radical (unpaired) electrons. The summed E-state index contributed by atoms with van der Waals surface area (Å²) in [6.07, 6.45) is 1.76. The van der Waals surface area contributed by atoms with Gasteiger partial charge >= 0.3 is 0 Å². The third kappa shape index (κ3) is 4.36. The minimum absolute atomic E-state index is 0.0732. The first-order chi connectivity index (χ1) is 13.5. The number of benzene rings is 1. The summed E-state index contributed by atoms with van der Waals surface area (Å²) < 4.78 is 15.9. The molecule has 1 aliphatic rings. The van der Waals surface area contributed by atoms with Crippen molar-refractivity contribution >= 4 is 17.5 Å². The third-order valence-electron chi connectivity index (χ3n) is 4.90. The zero-order valence-corrected chi connectivity index (χ0v) is 16.5. The number of anilines is 1. The molecule has 2 amide bonds. The SMILES string of the molecule is COCCN(Cc1ccco1)C(=O)C1CC(=O)N(c2cc(C)ccc2OC)C1. The lowest BCUT2D eigenvalue weighted by Crippen LogP contribution is -2.39. The number of methoxy groups -OCH3 is 2. The molecule has 3 rings (SSSR count). The molecule has 1 unspecified atom stereocenters. The molecule has 2 heterocycles. The number of hydrogen-bond donors (Lipinski definition) is 0. The van der Waals surface area contributed by atoms with E-state index >= 15 is 0 Å². The van der Waals surface area contributed by atoms with Crippen LogP contribution in [0, 0.1) is 12.8 Å². The number of ether oxygens (including phenoxy) is 2. The summed E-state index contributed by atoms with van der Waals surface area (Å²) >= 11 is 0. The maximum absolute atomic E-state index is 13.1. The second-order valence-electron chi connectivity index (χ2n) is 6.91. The molecule has 0 spiro atoms. The molecule has 1 aliphatic heterocycles. The average Bonchev–Trinajstić information content (AvgIpc) is 3.34. The van der Waals surface area contributed by atoms with Crippen molar-refractivity contribution in [1.29, 1.82) is 0 Å². The van der Waals surface area contributed by atoms with Crippen LogP contribution in [0.3, 0.4) is 0 Å². The van der Waals surface area contributed by atoms with Gasteiger partial charge in [-0.15, -0.1) is 0 Å². The Morgan fingerprint density at radius 1 is 1.32 bits per heavy atom. The van der Waals surface area contributed by atoms with Crippen molar-refractivity contribution in [2.45, 2.75) is 19.9 Å². The van der Waals surface area contributed by atoms with E-state index in [4.69, 9.17) is 13.9 Å². The lowest BCUT2D eigenvalue weighted by molar-refractivity contribution is -0.137. The highest BCUT2D eigenvalue weighted by Crippen LogP contribution is 2.34. The van der Waals surface area contributed by atoms with Gasteiger partial charge in [-0.2, -0.15) is 0 Å². The fraction of sp³-hybridized carbons (Fsp3) is 0.429. The molecule has 0 N–H and O–H groups in total. The van der Waals surface area contributed by atoms with Crippen LogP contribution >= 0.6 is 0 Å². The minimum Gasteiger partial charge on any atom is -0.495 e. The Kier molecular flexibility index (Phi) is 6.36. The van der Waals surface area contributed by atoms with E-state index < -0.39 is 5.92 Å². The van der Waals surface area contributed by atoms with E-state index in [-0.39, 0.29) is 18.2 Å². The molecule has 0 saturated carbocycles. The molecule has 1 atom stereocenters. The van der Waals surface area contributed by atoms with Gasteiger partial charge in [-0.05, 0) is 36.8 Å². The quantitative estimate of drug-likeness (QED) is 0.697. The van der Waals surface area contributed by atoms with Crippen LogP contribution < -0.4 is 9.64 Å². The summed E-state index contributed by atoms with van der Waals surface area (Å²) in [5, 5.41) is 0. The van der Waals surface area contributed by atoms with Crippen LogP contribution in [-0.4, -0.2) is 50.6 Å². The van der Waals surface area contributed by atoms with Crippen LogP contribution in [0.15, 0.2) is 41.0 Å². The molecule has 28 heavy (non-hydrogen) atoms. The molecular formula is C21H26N2O5. The summed E-state index contributed by atoms with van der Waals surface area (Å²) in [4.78, 5) is 29.2. The average molecular weight is 386 g/mol. The van der Waals surface area contributed by atoms with Crippen LogP contribution in [0.25, 0.3) is 0 Å². The Labute approximate surface area is 164 Å². The molecule has 1 fully saturated rings. The lowest BCUT2D eigenvalue weighted by Gasteiger charge is -2.25. The Bertz CT molecular complexity index is 818. The second-order valence-corrected chi connectivity index (χ2v) is 6.91. The van der Waals surface area contributed by atoms with Gasteiger partial charge in [0.2, 0.25) is 11.8 Å². The second kappa shape index (κ2) is 8.93. The smallest absolute Gasteiger partial charge is 0.228 e. The summed E-state index contributed by atoms with van der Waals surface area (Å²) in [6.45, 7) is 3.51. The van der Waals surface area contributed by atoms with E-state index in [0.717, 1.165) is 5.56 Å². The standard InChI is InChI=1S/C21H26N2O5/c1-15-6-7-19(27-3)18(11-15)23-13-16(12-20(23)24)21(25)22(8-10-26-2)14-17-5-4-9-28-17/h4-7,9,11,16H,8,10,12-14H2,1-3H3. The maximum atomic E-state index is 13.1. The maximum Gasteiger partial charge on any atom is 0.228 e. The zero-order chi connectivity index (χ0) is 20.1. The van der Waals surface area contributed by atoms with Crippen molar-refractivity contribution in [3.63, 3.8) is 0 Å². The highest BCUT2D eigenvalue weighted by atomic mass is 16.5. The molecule has 1 saturated heterocycles. The van der Waals surface area contributed by atoms with Crippen molar-refractivity contribution in [3.05, 3.63) is 47.9 Å². The van der Waals surface area contributed by atoms with Gasteiger partial charge in [-0.3, -0.25) is 9.59 Å². The fourth-order valence-electron chi connectivity index (χ4n) is 3.43. The normalized spacial score (nSPS) is 16.5. The van der Waals surface area contributed by atoms with Crippen molar-refractivity contribution in [1.82, 2.24) is 4.90 Å². The molecule has 7 nitrogen and oxygen atoms in total. The van der Waals surface area contributed by atoms with Gasteiger partial charge in [-0.25, -0.2) is 0 Å². The number of nitrogens with zero attached hydrogens (tertiary/aromatic N) is 2. The summed E-state index contributed by atoms with van der Waals surface area (Å²) in [5.41, 5.74) is 1.73. The number of rotatable bonds is 8. The highest BCUT2D eigenvalue weighted by Gasteiger charge is 2.38. The monoisotopic (exact) mass is 386 g/mol. The predicted octanol–water partition coefficient (Wildman–Crippen LogP) is 2.62. The minimum atomic E-state index is -0.412. The Morgan fingerprint density at radius 3 is 2.82 bits per heavy atom. The number of furan rings is 1. The van der Waals surface area contributed by atoms with Crippen LogP contribution in [0.4, 0.5) is 5.69 Å². The molecule has 150 valence electrons. The predicted molar refractivity (Wildman–Crippen MR) is 104 cm³/mol. The first-order valence-corrected chi connectivity index (χ1v) is 9.28. The first kappa shape index (κ1) is 19.9. The van der Waals surface area contributed by atoms with E-state index in [1.807, 2.05) is 31.2 Å². The number of carbonyl (C=O) groups is 2.